The molecular formula is C25H25N5OS. The molecular weight excluding hydrogens is 418 g/mol. The number of anilines is 1. The summed E-state index contributed by atoms with van der Waals surface area (Å²) in [4.78, 5) is 13.0. The number of carbonyl (C=O) groups is 1. The molecule has 6 nitrogen and oxygen atoms in total. The van der Waals surface area contributed by atoms with Crippen LogP contribution >= 0.6 is 11.8 Å². The Labute approximate surface area is 192 Å². The lowest BCUT2D eigenvalue weighted by atomic mass is 10.0. The predicted molar refractivity (Wildman–Crippen MR) is 129 cm³/mol. The van der Waals surface area contributed by atoms with Gasteiger partial charge in [-0.05, 0) is 52.6 Å². The van der Waals surface area contributed by atoms with Gasteiger partial charge in [-0.15, -0.1) is 5.10 Å². The monoisotopic (exact) mass is 443 g/mol. The van der Waals surface area contributed by atoms with E-state index in [0.717, 1.165) is 22.5 Å². The molecule has 0 unspecified atom stereocenters. The molecule has 0 saturated carbocycles. The highest BCUT2D eigenvalue weighted by atomic mass is 32.2. The van der Waals surface area contributed by atoms with Gasteiger partial charge in [0.25, 0.3) is 0 Å². The molecule has 32 heavy (non-hydrogen) atoms. The van der Waals surface area contributed by atoms with Gasteiger partial charge in [-0.1, -0.05) is 86.3 Å². The van der Waals surface area contributed by atoms with Crippen LogP contribution in [0.15, 0.2) is 84.0 Å². The molecule has 1 amide bonds. The number of nitrogens with zero attached hydrogens (tertiary/aromatic N) is 4. The van der Waals surface area contributed by atoms with Crippen LogP contribution in [0.3, 0.4) is 0 Å². The summed E-state index contributed by atoms with van der Waals surface area (Å²) in [5, 5.41) is 15.3. The number of benzene rings is 3. The average molecular weight is 444 g/mol. The van der Waals surface area contributed by atoms with Gasteiger partial charge in [0, 0.05) is 11.3 Å². The second kappa shape index (κ2) is 9.78. The molecule has 0 aliphatic rings. The molecule has 1 aromatic heterocycles. The lowest BCUT2D eigenvalue weighted by molar-refractivity contribution is -0.115. The Bertz CT molecular complexity index is 1190. The van der Waals surface area contributed by atoms with E-state index in [4.69, 9.17) is 0 Å². The van der Waals surface area contributed by atoms with Gasteiger partial charge >= 0.3 is 0 Å². The van der Waals surface area contributed by atoms with E-state index in [1.165, 1.54) is 17.3 Å². The van der Waals surface area contributed by atoms with E-state index in [-0.39, 0.29) is 5.91 Å². The third kappa shape index (κ3) is 4.89. The predicted octanol–water partition coefficient (Wildman–Crippen LogP) is 5.57. The van der Waals surface area contributed by atoms with E-state index < -0.39 is 5.25 Å². The number of nitrogens with one attached hydrogen (secondary N) is 1. The Morgan fingerprint density at radius 1 is 0.906 bits per heavy atom. The number of hydrogen-bond acceptors (Lipinski definition) is 5. The molecule has 4 rings (SSSR count). The quantitative estimate of drug-likeness (QED) is 0.378. The van der Waals surface area contributed by atoms with Crippen LogP contribution in [0.5, 0.6) is 0 Å². The maximum Gasteiger partial charge on any atom is 0.237 e. The number of thioether (sulfide) groups is 1. The number of tetrazole rings is 1. The summed E-state index contributed by atoms with van der Waals surface area (Å²) in [6.45, 7) is 6.17. The minimum Gasteiger partial charge on any atom is -0.325 e. The highest BCUT2D eigenvalue weighted by Crippen LogP contribution is 2.29. The standard InChI is InChI=1S/C25H25N5OS/c1-17(2)19-13-15-21(16-14-19)30-25(27-28-29-30)32-18(3)24(31)26-23-12-8-7-11-22(23)20-9-5-4-6-10-20/h4-18H,1-3H3,(H,26,31)/t18-/m0/s1. The van der Waals surface area contributed by atoms with Crippen LogP contribution in [0.25, 0.3) is 16.8 Å². The van der Waals surface area contributed by atoms with Crippen molar-refractivity contribution in [3.05, 3.63) is 84.4 Å². The van der Waals surface area contributed by atoms with Crippen molar-refractivity contribution in [3.8, 4) is 16.8 Å². The highest BCUT2D eigenvalue weighted by Gasteiger charge is 2.20. The van der Waals surface area contributed by atoms with Crippen LogP contribution in [0, 0.1) is 0 Å². The molecule has 0 aliphatic heterocycles. The largest absolute Gasteiger partial charge is 0.325 e. The third-order valence-corrected chi connectivity index (χ3v) is 6.20. The lowest BCUT2D eigenvalue weighted by Gasteiger charge is -2.15. The fourth-order valence-corrected chi connectivity index (χ4v) is 4.13. The van der Waals surface area contributed by atoms with Crippen molar-refractivity contribution < 1.29 is 4.79 Å². The number of aromatic nitrogens is 4. The summed E-state index contributed by atoms with van der Waals surface area (Å²) in [6, 6.07) is 26.0. The summed E-state index contributed by atoms with van der Waals surface area (Å²) in [5.41, 5.74) is 4.93. The van der Waals surface area contributed by atoms with Gasteiger partial charge in [0.1, 0.15) is 0 Å². The second-order valence-corrected chi connectivity index (χ2v) is 9.09. The maximum absolute atomic E-state index is 13.0. The topological polar surface area (TPSA) is 72.7 Å². The molecule has 1 N–H and O–H groups in total. The van der Waals surface area contributed by atoms with Crippen molar-refractivity contribution in [1.82, 2.24) is 20.2 Å². The molecule has 7 heteroatoms. The summed E-state index contributed by atoms with van der Waals surface area (Å²) in [5.74, 6) is 0.345. The van der Waals surface area contributed by atoms with Crippen LogP contribution in [0.1, 0.15) is 32.3 Å². The minimum absolute atomic E-state index is 0.108. The van der Waals surface area contributed by atoms with Crippen LogP contribution in [-0.2, 0) is 4.79 Å². The van der Waals surface area contributed by atoms with Gasteiger partial charge in [-0.2, -0.15) is 4.68 Å². The molecule has 0 fully saturated rings. The molecule has 3 aromatic carbocycles. The Kier molecular flexibility index (Phi) is 6.66. The van der Waals surface area contributed by atoms with Crippen LogP contribution in [0.4, 0.5) is 5.69 Å². The lowest BCUT2D eigenvalue weighted by Crippen LogP contribution is -2.23. The maximum atomic E-state index is 13.0. The van der Waals surface area contributed by atoms with E-state index >= 15 is 0 Å². The number of carbonyl (C=O) groups excluding carboxylic acids is 1. The number of hydrogen-bond donors (Lipinski definition) is 1. The Balaban J connectivity index is 1.49. The molecule has 4 aromatic rings. The van der Waals surface area contributed by atoms with Gasteiger partial charge in [-0.25, -0.2) is 0 Å². The summed E-state index contributed by atoms with van der Waals surface area (Å²) in [7, 11) is 0. The average Bonchev–Trinajstić information content (AvgIpc) is 3.28. The number of para-hydroxylation sites is 1. The fraction of sp³-hybridized carbons (Fsp3) is 0.200. The highest BCUT2D eigenvalue weighted by molar-refractivity contribution is 8.00. The molecule has 0 saturated heterocycles. The van der Waals surface area contributed by atoms with E-state index in [1.807, 2.05) is 73.7 Å². The number of rotatable bonds is 7. The van der Waals surface area contributed by atoms with Crippen molar-refractivity contribution in [1.29, 1.82) is 0 Å². The Morgan fingerprint density at radius 2 is 1.59 bits per heavy atom. The van der Waals surface area contributed by atoms with E-state index in [0.29, 0.717) is 11.1 Å². The zero-order chi connectivity index (χ0) is 22.5. The summed E-state index contributed by atoms with van der Waals surface area (Å²) in [6.07, 6.45) is 0. The van der Waals surface area contributed by atoms with E-state index in [9.17, 15) is 4.79 Å². The molecule has 0 spiro atoms. The molecule has 0 bridgehead atoms. The van der Waals surface area contributed by atoms with Gasteiger partial charge in [0.15, 0.2) is 0 Å². The molecule has 162 valence electrons. The smallest absolute Gasteiger partial charge is 0.237 e. The van der Waals surface area contributed by atoms with Gasteiger partial charge < -0.3 is 5.32 Å². The van der Waals surface area contributed by atoms with Gasteiger partial charge in [0.2, 0.25) is 11.1 Å². The molecule has 1 heterocycles. The van der Waals surface area contributed by atoms with Crippen molar-refractivity contribution in [3.63, 3.8) is 0 Å². The molecule has 1 atom stereocenters. The van der Waals surface area contributed by atoms with Crippen molar-refractivity contribution in [2.45, 2.75) is 37.1 Å². The van der Waals surface area contributed by atoms with Crippen molar-refractivity contribution in [2.24, 2.45) is 0 Å². The van der Waals surface area contributed by atoms with Crippen molar-refractivity contribution >= 4 is 23.4 Å². The van der Waals surface area contributed by atoms with E-state index in [1.54, 1.807) is 4.68 Å². The normalized spacial score (nSPS) is 12.0. The second-order valence-electron chi connectivity index (χ2n) is 7.78. The molecule has 0 radical (unpaired) electrons. The molecule has 0 aliphatic carbocycles. The van der Waals surface area contributed by atoms with Crippen molar-refractivity contribution in [2.75, 3.05) is 5.32 Å². The van der Waals surface area contributed by atoms with Gasteiger partial charge in [-0.3, -0.25) is 4.79 Å². The SMILES string of the molecule is CC(C)c1ccc(-n2nnnc2S[C@@H](C)C(=O)Nc2ccccc2-c2ccccc2)cc1. The van der Waals surface area contributed by atoms with E-state index in [2.05, 4.69) is 46.8 Å². The summed E-state index contributed by atoms with van der Waals surface area (Å²) < 4.78 is 1.66. The Hall–Kier alpha value is -3.45. The third-order valence-electron chi connectivity index (χ3n) is 5.17. The first-order chi connectivity index (χ1) is 15.5. The van der Waals surface area contributed by atoms with Gasteiger partial charge in [0.05, 0.1) is 10.9 Å². The Morgan fingerprint density at radius 3 is 2.31 bits per heavy atom. The first kappa shape index (κ1) is 21.8. The zero-order valence-electron chi connectivity index (χ0n) is 18.3. The minimum atomic E-state index is -0.390. The fourth-order valence-electron chi connectivity index (χ4n) is 3.32. The first-order valence-electron chi connectivity index (χ1n) is 10.5. The van der Waals surface area contributed by atoms with Crippen LogP contribution in [-0.4, -0.2) is 31.4 Å². The summed E-state index contributed by atoms with van der Waals surface area (Å²) >= 11 is 1.33. The first-order valence-corrected chi connectivity index (χ1v) is 11.4. The van der Waals surface area contributed by atoms with Crippen LogP contribution < -0.4 is 5.32 Å². The zero-order valence-corrected chi connectivity index (χ0v) is 19.1. The van der Waals surface area contributed by atoms with Crippen LogP contribution in [0.2, 0.25) is 0 Å². The number of amides is 1.